The minimum atomic E-state index is 0.544. The molecular formula is C8H10N2O. The van der Waals surface area contributed by atoms with E-state index in [1.807, 2.05) is 12.1 Å². The van der Waals surface area contributed by atoms with Crippen molar-refractivity contribution in [3.8, 4) is 0 Å². The summed E-state index contributed by atoms with van der Waals surface area (Å²) in [6, 6.07) is 3.73. The molecule has 0 aliphatic heterocycles. The van der Waals surface area contributed by atoms with Crippen molar-refractivity contribution in [1.29, 1.82) is 0 Å². The summed E-state index contributed by atoms with van der Waals surface area (Å²) in [5.41, 5.74) is 1.00. The van der Waals surface area contributed by atoms with Gasteiger partial charge in [-0.1, -0.05) is 0 Å². The van der Waals surface area contributed by atoms with E-state index < -0.39 is 0 Å². The van der Waals surface area contributed by atoms with Crippen LogP contribution in [0, 0.1) is 0 Å². The van der Waals surface area contributed by atoms with E-state index in [-0.39, 0.29) is 0 Å². The molecule has 1 aromatic heterocycles. The van der Waals surface area contributed by atoms with Gasteiger partial charge in [-0.05, 0) is 12.1 Å². The molecule has 0 fully saturated rings. The highest BCUT2D eigenvalue weighted by atomic mass is 16.1. The van der Waals surface area contributed by atoms with Gasteiger partial charge in [-0.25, -0.2) is 0 Å². The number of aldehydes is 1. The molecule has 0 atom stereocenters. The zero-order chi connectivity index (χ0) is 7.94. The number of aromatic nitrogens is 1. The molecule has 0 saturated heterocycles. The number of nitrogens with one attached hydrogen (secondary N) is 1. The van der Waals surface area contributed by atoms with Crippen LogP contribution in [0.3, 0.4) is 0 Å². The lowest BCUT2D eigenvalue weighted by molar-refractivity contribution is -0.107. The topological polar surface area (TPSA) is 42.0 Å². The molecule has 1 heterocycles. The molecule has 0 aliphatic carbocycles. The van der Waals surface area contributed by atoms with Crippen LogP contribution in [-0.4, -0.2) is 17.8 Å². The van der Waals surface area contributed by atoms with Gasteiger partial charge in [0.2, 0.25) is 0 Å². The molecule has 0 aliphatic rings. The molecule has 1 rings (SSSR count). The predicted octanol–water partition coefficient (Wildman–Crippen LogP) is 1.08. The van der Waals surface area contributed by atoms with Crippen LogP contribution in [0.25, 0.3) is 0 Å². The maximum atomic E-state index is 9.94. The lowest BCUT2D eigenvalue weighted by atomic mass is 10.4. The van der Waals surface area contributed by atoms with Gasteiger partial charge in [0.1, 0.15) is 6.29 Å². The highest BCUT2D eigenvalue weighted by Gasteiger charge is 1.86. The Labute approximate surface area is 65.5 Å². The second kappa shape index (κ2) is 4.44. The van der Waals surface area contributed by atoms with Crippen molar-refractivity contribution >= 4 is 12.0 Å². The summed E-state index contributed by atoms with van der Waals surface area (Å²) in [5.74, 6) is 0. The van der Waals surface area contributed by atoms with Gasteiger partial charge < -0.3 is 10.1 Å². The maximum Gasteiger partial charge on any atom is 0.121 e. The van der Waals surface area contributed by atoms with Crippen LogP contribution >= 0.6 is 0 Å². The average Bonchev–Trinajstić information content (AvgIpc) is 2.07. The van der Waals surface area contributed by atoms with Crippen LogP contribution in [0.4, 0.5) is 5.69 Å². The first kappa shape index (κ1) is 7.72. The SMILES string of the molecule is O=CCCNc1ccncc1. The van der Waals surface area contributed by atoms with E-state index in [1.54, 1.807) is 12.4 Å². The number of hydrogen-bond acceptors (Lipinski definition) is 3. The first-order valence-corrected chi connectivity index (χ1v) is 3.51. The summed E-state index contributed by atoms with van der Waals surface area (Å²) < 4.78 is 0. The first-order chi connectivity index (χ1) is 5.43. The van der Waals surface area contributed by atoms with Crippen molar-refractivity contribution in [1.82, 2.24) is 4.98 Å². The Kier molecular flexibility index (Phi) is 3.12. The predicted molar refractivity (Wildman–Crippen MR) is 43.4 cm³/mol. The Morgan fingerprint density at radius 3 is 2.82 bits per heavy atom. The maximum absolute atomic E-state index is 9.94. The van der Waals surface area contributed by atoms with E-state index in [2.05, 4.69) is 10.3 Å². The van der Waals surface area contributed by atoms with Crippen molar-refractivity contribution in [2.75, 3.05) is 11.9 Å². The van der Waals surface area contributed by atoms with Gasteiger partial charge in [0.25, 0.3) is 0 Å². The molecule has 0 radical (unpaired) electrons. The molecule has 11 heavy (non-hydrogen) atoms. The first-order valence-electron chi connectivity index (χ1n) is 3.51. The van der Waals surface area contributed by atoms with Crippen LogP contribution in [-0.2, 0) is 4.79 Å². The number of carbonyl (C=O) groups excluding carboxylic acids is 1. The number of hydrogen-bond donors (Lipinski definition) is 1. The fraction of sp³-hybridized carbons (Fsp3) is 0.250. The monoisotopic (exact) mass is 150 g/mol. The summed E-state index contributed by atoms with van der Waals surface area (Å²) in [7, 11) is 0. The van der Waals surface area contributed by atoms with Gasteiger partial charge in [0.15, 0.2) is 0 Å². The second-order valence-electron chi connectivity index (χ2n) is 2.12. The zero-order valence-corrected chi connectivity index (χ0v) is 6.16. The number of pyridine rings is 1. The summed E-state index contributed by atoms with van der Waals surface area (Å²) in [6.07, 6.45) is 4.86. The standard InChI is InChI=1S/C8H10N2O/c11-7-1-4-10-8-2-5-9-6-3-8/h2-3,5-7H,1,4H2,(H,9,10). The second-order valence-corrected chi connectivity index (χ2v) is 2.12. The van der Waals surface area contributed by atoms with Crippen molar-refractivity contribution in [3.63, 3.8) is 0 Å². The number of anilines is 1. The molecular weight excluding hydrogens is 140 g/mol. The van der Waals surface area contributed by atoms with Gasteiger partial charge >= 0.3 is 0 Å². The van der Waals surface area contributed by atoms with E-state index >= 15 is 0 Å². The summed E-state index contributed by atoms with van der Waals surface area (Å²) >= 11 is 0. The smallest absolute Gasteiger partial charge is 0.121 e. The third-order valence-electron chi connectivity index (χ3n) is 1.27. The lowest BCUT2D eigenvalue weighted by Crippen LogP contribution is -2.01. The van der Waals surface area contributed by atoms with Gasteiger partial charge in [-0.15, -0.1) is 0 Å². The van der Waals surface area contributed by atoms with E-state index in [4.69, 9.17) is 0 Å². The van der Waals surface area contributed by atoms with Crippen LogP contribution in [0.2, 0.25) is 0 Å². The Morgan fingerprint density at radius 2 is 2.18 bits per heavy atom. The summed E-state index contributed by atoms with van der Waals surface area (Å²) in [4.78, 5) is 13.8. The van der Waals surface area contributed by atoms with E-state index in [0.717, 1.165) is 12.0 Å². The molecule has 1 aromatic rings. The normalized spacial score (nSPS) is 9.09. The molecule has 3 heteroatoms. The van der Waals surface area contributed by atoms with Crippen molar-refractivity contribution < 1.29 is 4.79 Å². The number of rotatable bonds is 4. The number of nitrogens with zero attached hydrogens (tertiary/aromatic N) is 1. The highest BCUT2D eigenvalue weighted by molar-refractivity contribution is 5.51. The van der Waals surface area contributed by atoms with Crippen LogP contribution < -0.4 is 5.32 Å². The lowest BCUT2D eigenvalue weighted by Gasteiger charge is -2.01. The largest absolute Gasteiger partial charge is 0.385 e. The Hall–Kier alpha value is -1.38. The molecule has 0 saturated carbocycles. The zero-order valence-electron chi connectivity index (χ0n) is 6.16. The molecule has 0 aromatic carbocycles. The third-order valence-corrected chi connectivity index (χ3v) is 1.27. The molecule has 0 unspecified atom stereocenters. The van der Waals surface area contributed by atoms with Gasteiger partial charge in [-0.3, -0.25) is 4.98 Å². The summed E-state index contributed by atoms with van der Waals surface area (Å²) in [5, 5.41) is 3.07. The fourth-order valence-corrected chi connectivity index (χ4v) is 0.745. The average molecular weight is 150 g/mol. The summed E-state index contributed by atoms with van der Waals surface area (Å²) in [6.45, 7) is 0.688. The van der Waals surface area contributed by atoms with Gasteiger partial charge in [0, 0.05) is 31.0 Å². The fourth-order valence-electron chi connectivity index (χ4n) is 0.745. The van der Waals surface area contributed by atoms with E-state index in [0.29, 0.717) is 13.0 Å². The molecule has 58 valence electrons. The van der Waals surface area contributed by atoms with Crippen molar-refractivity contribution in [2.24, 2.45) is 0 Å². The van der Waals surface area contributed by atoms with E-state index in [9.17, 15) is 4.79 Å². The molecule has 3 nitrogen and oxygen atoms in total. The van der Waals surface area contributed by atoms with Crippen LogP contribution in [0.15, 0.2) is 24.5 Å². The van der Waals surface area contributed by atoms with Crippen LogP contribution in [0.1, 0.15) is 6.42 Å². The Balaban J connectivity index is 2.33. The molecule has 0 bridgehead atoms. The molecule has 1 N–H and O–H groups in total. The van der Waals surface area contributed by atoms with Crippen molar-refractivity contribution in [2.45, 2.75) is 6.42 Å². The minimum Gasteiger partial charge on any atom is -0.385 e. The van der Waals surface area contributed by atoms with Crippen LogP contribution in [0.5, 0.6) is 0 Å². The highest BCUT2D eigenvalue weighted by Crippen LogP contribution is 2.01. The molecule has 0 amide bonds. The Bertz CT molecular complexity index is 211. The van der Waals surface area contributed by atoms with Crippen molar-refractivity contribution in [3.05, 3.63) is 24.5 Å². The minimum absolute atomic E-state index is 0.544. The Morgan fingerprint density at radius 1 is 1.45 bits per heavy atom. The van der Waals surface area contributed by atoms with Gasteiger partial charge in [-0.2, -0.15) is 0 Å². The third kappa shape index (κ3) is 2.80. The molecule has 0 spiro atoms. The van der Waals surface area contributed by atoms with Gasteiger partial charge in [0.05, 0.1) is 0 Å². The number of carbonyl (C=O) groups is 1. The quantitative estimate of drug-likeness (QED) is 0.516. The van der Waals surface area contributed by atoms with E-state index in [1.165, 1.54) is 0 Å².